The molecule has 0 saturated carbocycles. The molecule has 0 saturated heterocycles. The van der Waals surface area contributed by atoms with Gasteiger partial charge in [0.1, 0.15) is 5.75 Å². The summed E-state index contributed by atoms with van der Waals surface area (Å²) in [7, 11) is -1.21. The average Bonchev–Trinajstić information content (AvgIpc) is 2.46. The van der Waals surface area contributed by atoms with Crippen LogP contribution in [0.25, 0.3) is 0 Å². The predicted octanol–water partition coefficient (Wildman–Crippen LogP) is 6.54. The summed E-state index contributed by atoms with van der Waals surface area (Å²) in [4.78, 5) is 0. The highest BCUT2D eigenvalue weighted by Crippen LogP contribution is 2.48. The molecule has 0 spiro atoms. The van der Waals surface area contributed by atoms with Crippen molar-refractivity contribution in [2.45, 2.75) is 52.4 Å². The van der Waals surface area contributed by atoms with Gasteiger partial charge in [0, 0.05) is 16.4 Å². The van der Waals surface area contributed by atoms with E-state index in [1.807, 2.05) is 30.3 Å². The summed E-state index contributed by atoms with van der Waals surface area (Å²) in [5.41, 5.74) is 2.41. The predicted molar refractivity (Wildman–Crippen MR) is 103 cm³/mol. The summed E-state index contributed by atoms with van der Waals surface area (Å²) < 4.78 is 6.35. The zero-order chi connectivity index (χ0) is 17.3. The highest BCUT2D eigenvalue weighted by atomic mass is 35.7. The summed E-state index contributed by atoms with van der Waals surface area (Å²) in [5.74, 6) is 0.942. The number of para-hydroxylation sites is 1. The second-order valence-electron chi connectivity index (χ2n) is 7.85. The monoisotopic (exact) mass is 348 g/mol. The molecular formula is C20H26ClOP. The van der Waals surface area contributed by atoms with E-state index in [1.165, 1.54) is 11.1 Å². The first-order chi connectivity index (χ1) is 10.6. The Kier molecular flexibility index (Phi) is 5.44. The number of halogens is 1. The fourth-order valence-corrected chi connectivity index (χ4v) is 3.91. The van der Waals surface area contributed by atoms with E-state index in [9.17, 15) is 0 Å². The molecule has 3 heteroatoms. The first-order valence-electron chi connectivity index (χ1n) is 7.93. The Morgan fingerprint density at radius 2 is 1.22 bits per heavy atom. The first-order valence-corrected chi connectivity index (χ1v) is 10.1. The largest absolute Gasteiger partial charge is 0.453 e. The minimum atomic E-state index is -1.21. The fraction of sp³-hybridized carbons (Fsp3) is 0.400. The third kappa shape index (κ3) is 4.49. The lowest BCUT2D eigenvalue weighted by atomic mass is 9.80. The third-order valence-electron chi connectivity index (χ3n) is 3.76. The fourth-order valence-electron chi connectivity index (χ4n) is 2.49. The highest BCUT2D eigenvalue weighted by Gasteiger charge is 2.28. The van der Waals surface area contributed by atoms with Crippen molar-refractivity contribution in [2.75, 3.05) is 0 Å². The standard InChI is InChI=1S/C20H26ClOP/c1-19(2,3)16-13-10-14-17(20(4,5)6)18(16)22-23(21)15-11-8-7-9-12-15/h7-14H,1-6H3. The SMILES string of the molecule is CC(C)(C)c1cccc(C(C)(C)C)c1OP(Cl)c1ccccc1. The van der Waals surface area contributed by atoms with Crippen molar-refractivity contribution in [1.29, 1.82) is 0 Å². The van der Waals surface area contributed by atoms with Crippen LogP contribution in [0.5, 0.6) is 5.75 Å². The molecule has 0 amide bonds. The lowest BCUT2D eigenvalue weighted by Gasteiger charge is -2.30. The molecule has 1 atom stereocenters. The molecule has 0 aliphatic heterocycles. The van der Waals surface area contributed by atoms with Crippen molar-refractivity contribution in [3.05, 3.63) is 59.7 Å². The maximum Gasteiger partial charge on any atom is 0.215 e. The molecule has 0 fully saturated rings. The summed E-state index contributed by atoms with van der Waals surface area (Å²) >= 11 is 6.63. The van der Waals surface area contributed by atoms with E-state index in [4.69, 9.17) is 15.8 Å². The Bertz CT molecular complexity index is 621. The van der Waals surface area contributed by atoms with Crippen molar-refractivity contribution in [3.8, 4) is 5.75 Å². The van der Waals surface area contributed by atoms with Crippen LogP contribution in [0.15, 0.2) is 48.5 Å². The van der Waals surface area contributed by atoms with Crippen LogP contribution in [0.2, 0.25) is 0 Å². The van der Waals surface area contributed by atoms with Gasteiger partial charge in [-0.2, -0.15) is 0 Å². The van der Waals surface area contributed by atoms with Crippen LogP contribution in [0.1, 0.15) is 52.7 Å². The van der Waals surface area contributed by atoms with Gasteiger partial charge in [-0.25, -0.2) is 0 Å². The van der Waals surface area contributed by atoms with E-state index in [1.54, 1.807) is 0 Å². The summed E-state index contributed by atoms with van der Waals surface area (Å²) in [6, 6.07) is 16.4. The van der Waals surface area contributed by atoms with Gasteiger partial charge in [-0.15, -0.1) is 0 Å². The normalized spacial score (nSPS) is 13.7. The molecule has 0 N–H and O–H groups in total. The Morgan fingerprint density at radius 1 is 0.739 bits per heavy atom. The van der Waals surface area contributed by atoms with Crippen LogP contribution in [-0.4, -0.2) is 0 Å². The number of rotatable bonds is 3. The van der Waals surface area contributed by atoms with Gasteiger partial charge in [-0.1, -0.05) is 90.1 Å². The lowest BCUT2D eigenvalue weighted by Crippen LogP contribution is -2.19. The molecule has 0 radical (unpaired) electrons. The van der Waals surface area contributed by atoms with Crippen LogP contribution in [0, 0.1) is 0 Å². The van der Waals surface area contributed by atoms with Crippen LogP contribution < -0.4 is 9.83 Å². The minimum Gasteiger partial charge on any atom is -0.453 e. The van der Waals surface area contributed by atoms with E-state index in [0.29, 0.717) is 0 Å². The molecule has 0 aromatic heterocycles. The Hall–Kier alpha value is -1.04. The lowest BCUT2D eigenvalue weighted by molar-refractivity contribution is 0.507. The van der Waals surface area contributed by atoms with Gasteiger partial charge in [0.25, 0.3) is 0 Å². The van der Waals surface area contributed by atoms with E-state index in [2.05, 4.69) is 59.7 Å². The molecular weight excluding hydrogens is 323 g/mol. The zero-order valence-electron chi connectivity index (χ0n) is 14.9. The quantitative estimate of drug-likeness (QED) is 0.572. The van der Waals surface area contributed by atoms with Gasteiger partial charge >= 0.3 is 0 Å². The van der Waals surface area contributed by atoms with Gasteiger partial charge in [0.15, 0.2) is 0 Å². The molecule has 2 aromatic carbocycles. The molecule has 1 nitrogen and oxygen atoms in total. The maximum absolute atomic E-state index is 6.63. The first kappa shape index (κ1) is 18.3. The second kappa shape index (κ2) is 6.83. The van der Waals surface area contributed by atoms with Crippen molar-refractivity contribution in [3.63, 3.8) is 0 Å². The second-order valence-corrected chi connectivity index (χ2v) is 9.96. The Labute approximate surface area is 146 Å². The summed E-state index contributed by atoms with van der Waals surface area (Å²) in [5, 5.41) is 1.03. The summed E-state index contributed by atoms with van der Waals surface area (Å²) in [6.07, 6.45) is 0. The molecule has 2 rings (SSSR count). The average molecular weight is 349 g/mol. The van der Waals surface area contributed by atoms with Crippen LogP contribution >= 0.6 is 18.7 Å². The van der Waals surface area contributed by atoms with E-state index >= 15 is 0 Å². The van der Waals surface area contributed by atoms with Gasteiger partial charge in [0.2, 0.25) is 7.50 Å². The molecule has 0 bridgehead atoms. The topological polar surface area (TPSA) is 9.23 Å². The number of benzene rings is 2. The molecule has 124 valence electrons. The van der Waals surface area contributed by atoms with Crippen LogP contribution in [0.4, 0.5) is 0 Å². The van der Waals surface area contributed by atoms with Gasteiger partial charge in [0.05, 0.1) is 0 Å². The van der Waals surface area contributed by atoms with E-state index < -0.39 is 7.50 Å². The minimum absolute atomic E-state index is 0.000341. The maximum atomic E-state index is 6.63. The van der Waals surface area contributed by atoms with E-state index in [0.717, 1.165) is 11.1 Å². The van der Waals surface area contributed by atoms with Crippen molar-refractivity contribution < 1.29 is 4.52 Å². The van der Waals surface area contributed by atoms with Gasteiger partial charge in [-0.05, 0) is 22.1 Å². The molecule has 1 unspecified atom stereocenters. The number of hydrogen-bond acceptors (Lipinski definition) is 1. The Balaban J connectivity index is 2.50. The molecule has 0 aliphatic carbocycles. The molecule has 0 heterocycles. The Morgan fingerprint density at radius 3 is 1.65 bits per heavy atom. The summed E-state index contributed by atoms with van der Waals surface area (Å²) in [6.45, 7) is 13.3. The third-order valence-corrected chi connectivity index (χ3v) is 5.60. The van der Waals surface area contributed by atoms with Crippen molar-refractivity contribution in [1.82, 2.24) is 0 Å². The molecule has 0 aliphatic rings. The zero-order valence-corrected chi connectivity index (χ0v) is 16.5. The highest BCUT2D eigenvalue weighted by molar-refractivity contribution is 7.86. The van der Waals surface area contributed by atoms with Crippen molar-refractivity contribution in [2.24, 2.45) is 0 Å². The van der Waals surface area contributed by atoms with Crippen LogP contribution in [0.3, 0.4) is 0 Å². The van der Waals surface area contributed by atoms with Crippen LogP contribution in [-0.2, 0) is 10.8 Å². The smallest absolute Gasteiger partial charge is 0.215 e. The molecule has 23 heavy (non-hydrogen) atoms. The number of hydrogen-bond donors (Lipinski definition) is 0. The molecule has 2 aromatic rings. The van der Waals surface area contributed by atoms with Gasteiger partial charge in [-0.3, -0.25) is 0 Å². The van der Waals surface area contributed by atoms with Crippen molar-refractivity contribution >= 4 is 24.0 Å². The van der Waals surface area contributed by atoms with E-state index in [-0.39, 0.29) is 10.8 Å². The van der Waals surface area contributed by atoms with Gasteiger partial charge < -0.3 is 4.52 Å².